The summed E-state index contributed by atoms with van der Waals surface area (Å²) in [6, 6.07) is 12.4. The van der Waals surface area contributed by atoms with Crippen molar-refractivity contribution in [1.82, 2.24) is 19.5 Å². The molecule has 7 rings (SSSR count). The van der Waals surface area contributed by atoms with E-state index in [-0.39, 0.29) is 56.6 Å². The van der Waals surface area contributed by atoms with Gasteiger partial charge >= 0.3 is 0 Å². The fourth-order valence-electron chi connectivity index (χ4n) is 4.10. The van der Waals surface area contributed by atoms with Gasteiger partial charge in [0.2, 0.25) is 11.2 Å². The monoisotopic (exact) mass is 453 g/mol. The summed E-state index contributed by atoms with van der Waals surface area (Å²) in [6.07, 6.45) is 0. The summed E-state index contributed by atoms with van der Waals surface area (Å²) in [4.78, 5) is 13.1. The Bertz CT molecular complexity index is 2170. The molecule has 0 aliphatic carbocycles. The van der Waals surface area contributed by atoms with Gasteiger partial charge in [-0.3, -0.25) is 4.57 Å². The molecule has 0 saturated carbocycles. The van der Waals surface area contributed by atoms with Crippen LogP contribution in [0.15, 0.2) is 95.2 Å². The Kier molecular flexibility index (Phi) is 2.66. The molecular formula is C27H15ClN4O. The van der Waals surface area contributed by atoms with Crippen LogP contribution < -0.4 is 0 Å². The maximum atomic E-state index is 8.91. The van der Waals surface area contributed by atoms with Crippen LogP contribution in [0.4, 0.5) is 0 Å². The number of fused-ring (bicyclic) bond motifs is 6. The summed E-state index contributed by atoms with van der Waals surface area (Å²) >= 11 is 6.36. The summed E-state index contributed by atoms with van der Waals surface area (Å²) in [5.74, 6) is 0.0318. The third kappa shape index (κ3) is 2.76. The molecule has 0 aliphatic rings. The van der Waals surface area contributed by atoms with Crippen LogP contribution in [0.2, 0.25) is 5.28 Å². The van der Waals surface area contributed by atoms with Crippen LogP contribution in [0.5, 0.6) is 0 Å². The molecule has 0 radical (unpaired) electrons. The lowest BCUT2D eigenvalue weighted by molar-refractivity contribution is 0.669. The normalized spacial score (nSPS) is 14.8. The van der Waals surface area contributed by atoms with E-state index in [1.165, 1.54) is 0 Å². The van der Waals surface area contributed by atoms with Gasteiger partial charge in [0.1, 0.15) is 11.2 Å². The number of para-hydroxylation sites is 3. The standard InChI is InChI=1S/C27H15ClN4O/c28-26-29-25(16-13-14-20-19-9-3-6-12-23(19)33-24(20)15-16)30-27(31-26)32-21-10-4-1-7-17(21)18-8-2-5-11-22(18)32/h1-15H/i3D,6D,9D,12D,13D,14D,15D. The first-order valence-electron chi connectivity index (χ1n) is 13.5. The van der Waals surface area contributed by atoms with Gasteiger partial charge in [-0.2, -0.15) is 15.0 Å². The van der Waals surface area contributed by atoms with Gasteiger partial charge < -0.3 is 4.42 Å². The molecule has 5 nitrogen and oxygen atoms in total. The molecule has 0 N–H and O–H groups in total. The van der Waals surface area contributed by atoms with E-state index in [1.807, 2.05) is 48.5 Å². The van der Waals surface area contributed by atoms with Crippen LogP contribution in [0, 0.1) is 0 Å². The Morgan fingerprint density at radius 3 is 2.21 bits per heavy atom. The predicted molar refractivity (Wildman–Crippen MR) is 132 cm³/mol. The van der Waals surface area contributed by atoms with E-state index in [0.717, 1.165) is 21.8 Å². The highest BCUT2D eigenvalue weighted by molar-refractivity contribution is 6.28. The van der Waals surface area contributed by atoms with Crippen LogP contribution in [0.25, 0.3) is 61.1 Å². The summed E-state index contributed by atoms with van der Waals surface area (Å²) < 4.78 is 66.6. The average molecular weight is 454 g/mol. The zero-order valence-corrected chi connectivity index (χ0v) is 17.4. The number of hydrogen-bond acceptors (Lipinski definition) is 4. The summed E-state index contributed by atoms with van der Waals surface area (Å²) in [7, 11) is 0. The van der Waals surface area contributed by atoms with E-state index >= 15 is 0 Å². The van der Waals surface area contributed by atoms with Crippen molar-refractivity contribution in [3.8, 4) is 17.3 Å². The average Bonchev–Trinajstić information content (AvgIpc) is 3.51. The van der Waals surface area contributed by atoms with Gasteiger partial charge in [-0.25, -0.2) is 0 Å². The fraction of sp³-hybridized carbons (Fsp3) is 0. The van der Waals surface area contributed by atoms with Gasteiger partial charge in [0, 0.05) is 27.1 Å². The van der Waals surface area contributed by atoms with Crippen molar-refractivity contribution >= 4 is 55.3 Å². The Labute approximate surface area is 202 Å². The first-order chi connectivity index (χ1) is 19.2. The highest BCUT2D eigenvalue weighted by atomic mass is 35.5. The minimum atomic E-state index is -0.499. The van der Waals surface area contributed by atoms with Crippen molar-refractivity contribution in [2.45, 2.75) is 0 Å². The molecule has 0 saturated heterocycles. The van der Waals surface area contributed by atoms with Crippen molar-refractivity contribution in [2.24, 2.45) is 0 Å². The first kappa shape index (κ1) is 12.7. The number of rotatable bonds is 2. The highest BCUT2D eigenvalue weighted by Gasteiger charge is 2.17. The molecular weight excluding hydrogens is 432 g/mol. The number of furan rings is 1. The van der Waals surface area contributed by atoms with E-state index in [0.29, 0.717) is 0 Å². The maximum Gasteiger partial charge on any atom is 0.239 e. The Morgan fingerprint density at radius 2 is 1.42 bits per heavy atom. The van der Waals surface area contributed by atoms with Crippen LogP contribution in [0.3, 0.4) is 0 Å². The maximum absolute atomic E-state index is 8.91. The molecule has 0 atom stereocenters. The van der Waals surface area contributed by atoms with E-state index in [9.17, 15) is 0 Å². The predicted octanol–water partition coefficient (Wildman–Crippen LogP) is 7.19. The van der Waals surface area contributed by atoms with Crippen molar-refractivity contribution in [2.75, 3.05) is 0 Å². The minimum absolute atomic E-state index is 0.0523. The lowest BCUT2D eigenvalue weighted by atomic mass is 10.1. The number of hydrogen-bond donors (Lipinski definition) is 0. The van der Waals surface area contributed by atoms with Crippen molar-refractivity contribution < 1.29 is 14.0 Å². The van der Waals surface area contributed by atoms with Crippen LogP contribution in [-0.4, -0.2) is 19.5 Å². The molecule has 0 spiro atoms. The molecule has 3 aromatic heterocycles. The van der Waals surface area contributed by atoms with Crippen molar-refractivity contribution in [3.63, 3.8) is 0 Å². The number of benzene rings is 4. The van der Waals surface area contributed by atoms with E-state index < -0.39 is 30.2 Å². The van der Waals surface area contributed by atoms with Crippen LogP contribution in [-0.2, 0) is 0 Å². The number of aromatic nitrogens is 4. The lowest BCUT2D eigenvalue weighted by Crippen LogP contribution is -2.04. The van der Waals surface area contributed by atoms with Crippen LogP contribution in [0.1, 0.15) is 9.60 Å². The summed E-state index contributed by atoms with van der Waals surface area (Å²) in [5, 5.41) is 1.64. The van der Waals surface area contributed by atoms with Gasteiger partial charge in [-0.15, -0.1) is 0 Å². The quantitative estimate of drug-likeness (QED) is 0.278. The zero-order chi connectivity index (χ0) is 28.0. The minimum Gasteiger partial charge on any atom is -0.456 e. The third-order valence-corrected chi connectivity index (χ3v) is 5.65. The van der Waals surface area contributed by atoms with Gasteiger partial charge in [-0.1, -0.05) is 60.6 Å². The second-order valence-corrected chi connectivity index (χ2v) is 7.70. The third-order valence-electron chi connectivity index (χ3n) is 5.49. The second kappa shape index (κ2) is 6.89. The number of halogens is 1. The fourth-order valence-corrected chi connectivity index (χ4v) is 4.25. The molecule has 156 valence electrons. The molecule has 0 amide bonds. The molecule has 0 aliphatic heterocycles. The first-order valence-corrected chi connectivity index (χ1v) is 10.4. The van der Waals surface area contributed by atoms with E-state index in [2.05, 4.69) is 15.0 Å². The van der Waals surface area contributed by atoms with Crippen LogP contribution >= 0.6 is 11.6 Å². The van der Waals surface area contributed by atoms with Crippen molar-refractivity contribution in [3.05, 3.63) is 96.1 Å². The van der Waals surface area contributed by atoms with Gasteiger partial charge in [0.05, 0.1) is 20.6 Å². The Morgan fingerprint density at radius 1 is 0.727 bits per heavy atom. The smallest absolute Gasteiger partial charge is 0.239 e. The van der Waals surface area contributed by atoms with Gasteiger partial charge in [-0.05, 0) is 41.9 Å². The van der Waals surface area contributed by atoms with E-state index in [4.69, 9.17) is 25.6 Å². The highest BCUT2D eigenvalue weighted by Crippen LogP contribution is 2.33. The molecule has 4 aromatic carbocycles. The largest absolute Gasteiger partial charge is 0.456 e. The van der Waals surface area contributed by atoms with Gasteiger partial charge in [0.15, 0.2) is 5.82 Å². The molecule has 0 bridgehead atoms. The second-order valence-electron chi connectivity index (χ2n) is 7.36. The van der Waals surface area contributed by atoms with Gasteiger partial charge in [0.25, 0.3) is 0 Å². The summed E-state index contributed by atoms with van der Waals surface area (Å²) in [5.41, 5.74) is 1.11. The topological polar surface area (TPSA) is 56.7 Å². The molecule has 7 aromatic rings. The molecule has 33 heavy (non-hydrogen) atoms. The molecule has 3 heterocycles. The molecule has 6 heteroatoms. The van der Waals surface area contributed by atoms with Crippen molar-refractivity contribution in [1.29, 1.82) is 0 Å². The molecule has 0 fully saturated rings. The zero-order valence-electron chi connectivity index (χ0n) is 23.7. The lowest BCUT2D eigenvalue weighted by Gasteiger charge is -2.08. The summed E-state index contributed by atoms with van der Waals surface area (Å²) in [6.45, 7) is 0. The SMILES string of the molecule is [2H]c1c([2H])c([2H])c2c(oc3c([2H])c(-c4nc(Cl)nc(-n5c6ccccc6c6ccccc65)n4)c([2H])c([2H])c32)c1[2H]. The Hall–Kier alpha value is -4.22. The van der Waals surface area contributed by atoms with E-state index in [1.54, 1.807) is 4.57 Å². The number of nitrogens with zero attached hydrogens (tertiary/aromatic N) is 4. The Balaban J connectivity index is 1.55. The molecule has 0 unspecified atom stereocenters.